The van der Waals surface area contributed by atoms with Crippen LogP contribution in [-0.4, -0.2) is 21.1 Å². The number of hydrogen-bond donors (Lipinski definition) is 1. The summed E-state index contributed by atoms with van der Waals surface area (Å²) in [4.78, 5) is 0. The summed E-state index contributed by atoms with van der Waals surface area (Å²) >= 11 is 17.0. The minimum atomic E-state index is 0.221. The average Bonchev–Trinajstić information content (AvgIpc) is 3.15. The van der Waals surface area contributed by atoms with Crippen LogP contribution in [0.1, 0.15) is 11.5 Å². The third-order valence-electron chi connectivity index (χ3n) is 2.81. The molecule has 23 heavy (non-hydrogen) atoms. The second-order valence-corrected chi connectivity index (χ2v) is 5.57. The highest BCUT2D eigenvalue weighted by atomic mass is 35.5. The lowest BCUT2D eigenvalue weighted by Crippen LogP contribution is -1.94. The molecule has 0 saturated heterocycles. The van der Waals surface area contributed by atoms with Crippen molar-refractivity contribution in [1.29, 1.82) is 0 Å². The van der Waals surface area contributed by atoms with Crippen LogP contribution >= 0.6 is 35.4 Å². The Balaban J connectivity index is 1.66. The summed E-state index contributed by atoms with van der Waals surface area (Å²) in [7, 11) is 0. The number of benzene rings is 1. The monoisotopic (exact) mass is 368 g/mol. The zero-order valence-corrected chi connectivity index (χ0v) is 13.9. The topological polar surface area (TPSA) is 68.3 Å². The summed E-state index contributed by atoms with van der Waals surface area (Å²) < 4.78 is 13.0. The maximum absolute atomic E-state index is 6.06. The first kappa shape index (κ1) is 15.8. The summed E-state index contributed by atoms with van der Waals surface area (Å²) in [6.45, 7) is 0.221. The Morgan fingerprint density at radius 1 is 1.35 bits per heavy atom. The fourth-order valence-electron chi connectivity index (χ4n) is 1.73. The summed E-state index contributed by atoms with van der Waals surface area (Å²) in [5.41, 5.74) is 0. The van der Waals surface area contributed by atoms with Crippen LogP contribution in [0, 0.1) is 4.77 Å². The van der Waals surface area contributed by atoms with Gasteiger partial charge in [0.15, 0.2) is 0 Å². The van der Waals surface area contributed by atoms with Crippen molar-refractivity contribution in [2.75, 3.05) is 0 Å². The van der Waals surface area contributed by atoms with E-state index in [4.69, 9.17) is 44.6 Å². The first-order valence-corrected chi connectivity index (χ1v) is 7.62. The van der Waals surface area contributed by atoms with E-state index in [1.807, 2.05) is 0 Å². The van der Waals surface area contributed by atoms with Crippen LogP contribution < -0.4 is 4.74 Å². The Morgan fingerprint density at radius 2 is 2.22 bits per heavy atom. The normalized spacial score (nSPS) is 11.2. The van der Waals surface area contributed by atoms with E-state index in [9.17, 15) is 0 Å². The number of halogens is 2. The molecule has 0 aliphatic carbocycles. The molecule has 0 spiro atoms. The summed E-state index contributed by atoms with van der Waals surface area (Å²) in [5.74, 6) is 1.68. The van der Waals surface area contributed by atoms with E-state index >= 15 is 0 Å². The maximum atomic E-state index is 6.06. The van der Waals surface area contributed by atoms with E-state index in [0.29, 0.717) is 32.1 Å². The first-order valence-electron chi connectivity index (χ1n) is 6.45. The van der Waals surface area contributed by atoms with E-state index < -0.39 is 0 Å². The molecule has 0 atom stereocenters. The van der Waals surface area contributed by atoms with Crippen LogP contribution in [0.3, 0.4) is 0 Å². The third-order valence-corrected chi connectivity index (χ3v) is 3.89. The number of nitrogens with zero attached hydrogens (tertiary/aromatic N) is 3. The quantitative estimate of drug-likeness (QED) is 0.538. The van der Waals surface area contributed by atoms with Gasteiger partial charge < -0.3 is 9.15 Å². The van der Waals surface area contributed by atoms with Gasteiger partial charge in [-0.2, -0.15) is 14.9 Å². The van der Waals surface area contributed by atoms with E-state index in [-0.39, 0.29) is 6.61 Å². The molecule has 3 rings (SSSR count). The van der Waals surface area contributed by atoms with E-state index in [1.165, 1.54) is 17.2 Å². The molecule has 1 N–H and O–H groups in total. The highest BCUT2D eigenvalue weighted by Crippen LogP contribution is 2.31. The minimum Gasteiger partial charge on any atom is -0.484 e. The number of rotatable bonds is 5. The van der Waals surface area contributed by atoms with Gasteiger partial charge in [0.05, 0.1) is 11.2 Å². The van der Waals surface area contributed by atoms with Crippen LogP contribution in [0.5, 0.6) is 5.75 Å². The van der Waals surface area contributed by atoms with Crippen molar-refractivity contribution >= 4 is 41.6 Å². The van der Waals surface area contributed by atoms with Crippen molar-refractivity contribution < 1.29 is 9.15 Å². The number of hydrogen-bond acceptors (Lipinski definition) is 5. The summed E-state index contributed by atoms with van der Waals surface area (Å²) in [5, 5.41) is 11.3. The maximum Gasteiger partial charge on any atom is 0.216 e. The number of ether oxygens (including phenoxy) is 1. The number of aromatic nitrogens is 3. The van der Waals surface area contributed by atoms with Gasteiger partial charge in [-0.15, -0.1) is 0 Å². The van der Waals surface area contributed by atoms with Crippen molar-refractivity contribution in [2.24, 2.45) is 5.10 Å². The van der Waals surface area contributed by atoms with Crippen LogP contribution in [0.4, 0.5) is 0 Å². The van der Waals surface area contributed by atoms with E-state index in [2.05, 4.69) is 15.3 Å². The molecule has 0 bridgehead atoms. The van der Waals surface area contributed by atoms with Gasteiger partial charge in [-0.1, -0.05) is 29.3 Å². The number of H-pyrrole nitrogens is 1. The van der Waals surface area contributed by atoms with Gasteiger partial charge in [-0.05, 0) is 36.5 Å². The zero-order chi connectivity index (χ0) is 16.2. The van der Waals surface area contributed by atoms with Crippen LogP contribution in [0.15, 0.2) is 46.2 Å². The predicted octanol–water partition coefficient (Wildman–Crippen LogP) is 4.30. The lowest BCUT2D eigenvalue weighted by Gasteiger charge is -2.06. The molecule has 0 unspecified atom stereocenters. The molecule has 1 aromatic carbocycles. The van der Waals surface area contributed by atoms with Gasteiger partial charge >= 0.3 is 0 Å². The fourth-order valence-corrected chi connectivity index (χ4v) is 2.22. The van der Waals surface area contributed by atoms with Gasteiger partial charge in [0.1, 0.15) is 35.2 Å². The first-order chi connectivity index (χ1) is 11.1. The standard InChI is InChI=1S/C14H10Cl2N4O2S/c15-11-2-1-3-12(13(11)16)21-7-10-5-4-9(22-10)6-18-20-8-17-19-14(20)23/h1-6,8H,7H2,(H,19,23). The Bertz CT molecular complexity index is 900. The number of nitrogens with one attached hydrogen (secondary N) is 1. The largest absolute Gasteiger partial charge is 0.484 e. The highest BCUT2D eigenvalue weighted by Gasteiger charge is 2.07. The minimum absolute atomic E-state index is 0.221. The van der Waals surface area contributed by atoms with Gasteiger partial charge in [0, 0.05) is 0 Å². The molecular weight excluding hydrogens is 359 g/mol. The van der Waals surface area contributed by atoms with Crippen molar-refractivity contribution in [1.82, 2.24) is 14.9 Å². The van der Waals surface area contributed by atoms with E-state index in [1.54, 1.807) is 30.3 Å². The third kappa shape index (κ3) is 3.82. The second-order valence-electron chi connectivity index (χ2n) is 4.40. The van der Waals surface area contributed by atoms with Crippen molar-refractivity contribution in [3.05, 3.63) is 63.0 Å². The van der Waals surface area contributed by atoms with Gasteiger partial charge in [0.25, 0.3) is 0 Å². The predicted molar refractivity (Wildman–Crippen MR) is 89.9 cm³/mol. The smallest absolute Gasteiger partial charge is 0.216 e. The Hall–Kier alpha value is -2.09. The van der Waals surface area contributed by atoms with Gasteiger partial charge in [-0.3, -0.25) is 5.10 Å². The molecule has 118 valence electrons. The van der Waals surface area contributed by atoms with Gasteiger partial charge in [0.2, 0.25) is 4.77 Å². The number of furan rings is 1. The van der Waals surface area contributed by atoms with Gasteiger partial charge in [-0.25, -0.2) is 0 Å². The lowest BCUT2D eigenvalue weighted by atomic mass is 10.3. The van der Waals surface area contributed by atoms with Crippen molar-refractivity contribution in [3.8, 4) is 5.75 Å². The molecular formula is C14H10Cl2N4O2S. The second kappa shape index (κ2) is 6.99. The molecule has 0 aliphatic heterocycles. The van der Waals surface area contributed by atoms with E-state index in [0.717, 1.165) is 0 Å². The molecule has 2 heterocycles. The van der Waals surface area contributed by atoms with Crippen LogP contribution in [0.25, 0.3) is 0 Å². The Kier molecular flexibility index (Phi) is 4.80. The molecule has 9 heteroatoms. The summed E-state index contributed by atoms with van der Waals surface area (Å²) in [6.07, 6.45) is 2.99. The number of aromatic amines is 1. The molecule has 6 nitrogen and oxygen atoms in total. The van der Waals surface area contributed by atoms with Crippen molar-refractivity contribution in [3.63, 3.8) is 0 Å². The molecule has 3 aromatic rings. The molecule has 0 fully saturated rings. The zero-order valence-electron chi connectivity index (χ0n) is 11.6. The average molecular weight is 369 g/mol. The SMILES string of the molecule is S=c1[nH]ncn1N=Cc1ccc(COc2cccc(Cl)c2Cl)o1. The molecule has 0 radical (unpaired) electrons. The molecule has 0 saturated carbocycles. The summed E-state index contributed by atoms with van der Waals surface area (Å²) in [6, 6.07) is 8.75. The van der Waals surface area contributed by atoms with Crippen LogP contribution in [0.2, 0.25) is 10.0 Å². The molecule has 0 aliphatic rings. The van der Waals surface area contributed by atoms with Crippen molar-refractivity contribution in [2.45, 2.75) is 6.61 Å². The molecule has 0 amide bonds. The molecule has 2 aromatic heterocycles. The Morgan fingerprint density at radius 3 is 3.00 bits per heavy atom. The fraction of sp³-hybridized carbons (Fsp3) is 0.0714. The lowest BCUT2D eigenvalue weighted by molar-refractivity contribution is 0.270. The van der Waals surface area contributed by atoms with Crippen LogP contribution in [-0.2, 0) is 6.61 Å². The Labute approximate surface area is 146 Å². The highest BCUT2D eigenvalue weighted by molar-refractivity contribution is 7.71.